The number of carbonyl (C=O) groups is 2. The summed E-state index contributed by atoms with van der Waals surface area (Å²) in [7, 11) is 3.13. The van der Waals surface area contributed by atoms with Gasteiger partial charge >= 0.3 is 5.91 Å². The highest BCUT2D eigenvalue weighted by Crippen LogP contribution is 2.29. The molecule has 2 amide bonds. The van der Waals surface area contributed by atoms with E-state index in [4.69, 9.17) is 21.1 Å². The summed E-state index contributed by atoms with van der Waals surface area (Å²) in [6.07, 6.45) is 1.79. The Balaban J connectivity index is 1.72. The number of amides is 2. The maximum absolute atomic E-state index is 13.0. The molecule has 0 saturated carbocycles. The van der Waals surface area contributed by atoms with Gasteiger partial charge in [-0.15, -0.1) is 10.1 Å². The molecule has 0 spiro atoms. The third-order valence-corrected chi connectivity index (χ3v) is 5.86. The van der Waals surface area contributed by atoms with Crippen LogP contribution in [0.15, 0.2) is 66.7 Å². The lowest BCUT2D eigenvalue weighted by molar-refractivity contribution is -0.596. The van der Waals surface area contributed by atoms with Crippen LogP contribution in [0.3, 0.4) is 0 Å². The quantitative estimate of drug-likeness (QED) is 0.530. The number of hydrogen-bond acceptors (Lipinski definition) is 4. The number of ether oxygens (including phenoxy) is 2. The minimum absolute atomic E-state index is 0.322. The molecule has 1 aliphatic heterocycles. The molecular weight excluding hydrogens is 454 g/mol. The lowest BCUT2D eigenvalue weighted by Crippen LogP contribution is -2.42. The van der Waals surface area contributed by atoms with Gasteiger partial charge in [0.2, 0.25) is 12.3 Å². The van der Waals surface area contributed by atoms with Gasteiger partial charge in [0.05, 0.1) is 14.2 Å². The number of halogens is 1. The van der Waals surface area contributed by atoms with Crippen molar-refractivity contribution in [1.82, 2.24) is 10.7 Å². The Bertz CT molecular complexity index is 1260. The summed E-state index contributed by atoms with van der Waals surface area (Å²) in [5.41, 5.74) is 5.91. The summed E-state index contributed by atoms with van der Waals surface area (Å²) < 4.78 is 12.4. The second-order valence-corrected chi connectivity index (χ2v) is 8.38. The predicted molar refractivity (Wildman–Crippen MR) is 130 cm³/mol. The molecule has 3 aromatic rings. The van der Waals surface area contributed by atoms with Crippen LogP contribution >= 0.6 is 11.6 Å². The molecule has 7 nitrogen and oxygen atoms in total. The first-order chi connectivity index (χ1) is 16.4. The molecule has 0 aromatic heterocycles. The monoisotopic (exact) mass is 478 g/mol. The van der Waals surface area contributed by atoms with E-state index in [1.54, 1.807) is 55.5 Å². The standard InChI is InChI=1S/C26H24ClN3O4/c1-16-5-4-6-19(13-16)25(31)28-23-24(18-8-10-20(27)11-9-18)30(29-26(23)32)15-17-7-12-21(33-2)22(14-17)34-3/h4-15,23-24H,1-3H3,(H-,28,29,31,32)/p+1/b30-15-/t23-,24+/m1/s1. The van der Waals surface area contributed by atoms with Crippen molar-refractivity contribution in [2.75, 3.05) is 14.2 Å². The highest BCUT2D eigenvalue weighted by Gasteiger charge is 2.47. The van der Waals surface area contributed by atoms with Crippen LogP contribution in [-0.2, 0) is 4.79 Å². The molecule has 8 heteroatoms. The van der Waals surface area contributed by atoms with Crippen molar-refractivity contribution in [3.05, 3.63) is 94.0 Å². The average molecular weight is 479 g/mol. The Morgan fingerprint density at radius 2 is 1.76 bits per heavy atom. The van der Waals surface area contributed by atoms with Crippen molar-refractivity contribution in [2.45, 2.75) is 19.0 Å². The van der Waals surface area contributed by atoms with Gasteiger partial charge < -0.3 is 14.8 Å². The molecule has 3 aromatic carbocycles. The fourth-order valence-corrected chi connectivity index (χ4v) is 4.07. The summed E-state index contributed by atoms with van der Waals surface area (Å²) in [5.74, 6) is 0.519. The fourth-order valence-electron chi connectivity index (χ4n) is 3.94. The van der Waals surface area contributed by atoms with Crippen molar-refractivity contribution in [1.29, 1.82) is 0 Å². The number of nitrogens with one attached hydrogen (secondary N) is 2. The molecule has 2 N–H and O–H groups in total. The molecular formula is C26H25ClN3O4+. The first-order valence-electron chi connectivity index (χ1n) is 10.7. The molecule has 174 valence electrons. The van der Waals surface area contributed by atoms with Crippen LogP contribution in [0, 0.1) is 6.92 Å². The number of hydrazine groups is 1. The first kappa shape index (κ1) is 23.3. The van der Waals surface area contributed by atoms with Gasteiger partial charge in [0.1, 0.15) is 0 Å². The molecule has 0 aliphatic carbocycles. The topological polar surface area (TPSA) is 79.7 Å². The Kier molecular flexibility index (Phi) is 6.84. The maximum atomic E-state index is 13.0. The molecule has 34 heavy (non-hydrogen) atoms. The molecule has 1 saturated heterocycles. The van der Waals surface area contributed by atoms with Crippen molar-refractivity contribution < 1.29 is 23.7 Å². The van der Waals surface area contributed by atoms with Gasteiger partial charge in [-0.25, -0.2) is 0 Å². The zero-order chi connectivity index (χ0) is 24.2. The predicted octanol–water partition coefficient (Wildman–Crippen LogP) is 3.68. The number of rotatable bonds is 6. The summed E-state index contributed by atoms with van der Waals surface area (Å²) in [6.45, 7) is 1.91. The molecule has 1 aliphatic rings. The SMILES string of the molecule is COc1ccc(/C=[N+]2\NC(=O)[C@H](NC(=O)c3cccc(C)c3)[C@@H]2c2ccc(Cl)cc2)cc1OC. The molecule has 0 unspecified atom stereocenters. The largest absolute Gasteiger partial charge is 0.493 e. The van der Waals surface area contributed by atoms with Crippen LogP contribution in [0.1, 0.15) is 33.1 Å². The lowest BCUT2D eigenvalue weighted by atomic mass is 9.99. The Hall–Kier alpha value is -3.84. The van der Waals surface area contributed by atoms with E-state index in [1.807, 2.05) is 43.3 Å². The van der Waals surface area contributed by atoms with Crippen molar-refractivity contribution in [3.8, 4) is 11.5 Å². The number of hydrogen-bond donors (Lipinski definition) is 2. The molecule has 1 fully saturated rings. The van der Waals surface area contributed by atoms with Gasteiger partial charge in [-0.05, 0) is 49.4 Å². The van der Waals surface area contributed by atoms with E-state index >= 15 is 0 Å². The normalized spacial score (nSPS) is 18.5. The van der Waals surface area contributed by atoms with E-state index in [-0.39, 0.29) is 11.8 Å². The second-order valence-electron chi connectivity index (χ2n) is 7.94. The zero-order valence-corrected chi connectivity index (χ0v) is 19.8. The second kappa shape index (κ2) is 9.97. The van der Waals surface area contributed by atoms with Crippen LogP contribution in [0.2, 0.25) is 5.02 Å². The summed E-state index contributed by atoms with van der Waals surface area (Å²) >= 11 is 6.09. The van der Waals surface area contributed by atoms with Gasteiger partial charge in [0.15, 0.2) is 17.5 Å². The van der Waals surface area contributed by atoms with Gasteiger partial charge in [-0.3, -0.25) is 9.59 Å². The Morgan fingerprint density at radius 1 is 1.03 bits per heavy atom. The Labute approximate surface area is 202 Å². The number of benzene rings is 3. The van der Waals surface area contributed by atoms with Crippen LogP contribution in [0.25, 0.3) is 0 Å². The third-order valence-electron chi connectivity index (χ3n) is 5.61. The third kappa shape index (κ3) is 4.89. The van der Waals surface area contributed by atoms with E-state index in [0.29, 0.717) is 22.1 Å². The highest BCUT2D eigenvalue weighted by molar-refractivity contribution is 6.30. The van der Waals surface area contributed by atoms with E-state index in [1.165, 1.54) is 0 Å². The number of aryl methyl sites for hydroxylation is 1. The molecule has 0 bridgehead atoms. The summed E-state index contributed by atoms with van der Waals surface area (Å²) in [4.78, 5) is 26.0. The molecule has 4 rings (SSSR count). The van der Waals surface area contributed by atoms with E-state index in [0.717, 1.165) is 16.7 Å². The van der Waals surface area contributed by atoms with Crippen LogP contribution in [-0.4, -0.2) is 43.0 Å². The van der Waals surface area contributed by atoms with E-state index in [9.17, 15) is 9.59 Å². The summed E-state index contributed by atoms with van der Waals surface area (Å²) in [6, 6.07) is 18.5. The maximum Gasteiger partial charge on any atom is 0.304 e. The van der Waals surface area contributed by atoms with Crippen LogP contribution in [0.5, 0.6) is 11.5 Å². The smallest absolute Gasteiger partial charge is 0.304 e. The van der Waals surface area contributed by atoms with Gasteiger partial charge in [-0.2, -0.15) is 0 Å². The van der Waals surface area contributed by atoms with Crippen molar-refractivity contribution >= 4 is 29.6 Å². The average Bonchev–Trinajstić information content (AvgIpc) is 3.13. The fraction of sp³-hybridized carbons (Fsp3) is 0.192. The van der Waals surface area contributed by atoms with Crippen LogP contribution < -0.4 is 20.2 Å². The van der Waals surface area contributed by atoms with Gasteiger partial charge in [0.25, 0.3) is 5.91 Å². The van der Waals surface area contributed by atoms with Crippen molar-refractivity contribution in [3.63, 3.8) is 0 Å². The number of methoxy groups -OCH3 is 2. The highest BCUT2D eigenvalue weighted by atomic mass is 35.5. The minimum atomic E-state index is -0.828. The summed E-state index contributed by atoms with van der Waals surface area (Å²) in [5, 5.41) is 3.48. The van der Waals surface area contributed by atoms with E-state index < -0.39 is 12.1 Å². The Morgan fingerprint density at radius 3 is 2.44 bits per heavy atom. The van der Waals surface area contributed by atoms with Gasteiger partial charge in [-0.1, -0.05) is 41.4 Å². The number of hydrazone groups is 1. The van der Waals surface area contributed by atoms with Crippen LogP contribution in [0.4, 0.5) is 0 Å². The van der Waals surface area contributed by atoms with Gasteiger partial charge in [0, 0.05) is 21.7 Å². The molecule has 1 heterocycles. The minimum Gasteiger partial charge on any atom is -0.493 e. The number of nitrogens with zero attached hydrogens (tertiary/aromatic N) is 1. The lowest BCUT2D eigenvalue weighted by Gasteiger charge is -2.15. The van der Waals surface area contributed by atoms with Crippen molar-refractivity contribution in [2.24, 2.45) is 0 Å². The zero-order valence-electron chi connectivity index (χ0n) is 19.0. The van der Waals surface area contributed by atoms with E-state index in [2.05, 4.69) is 10.7 Å². The first-order valence-corrected chi connectivity index (χ1v) is 11.1. The molecule has 2 atom stereocenters. The molecule has 0 radical (unpaired) electrons. The number of carbonyl (C=O) groups excluding carboxylic acids is 2.